The van der Waals surface area contributed by atoms with Crippen molar-refractivity contribution in [3.63, 3.8) is 0 Å². The van der Waals surface area contributed by atoms with Crippen LogP contribution in [0.1, 0.15) is 21.9 Å². The standard InChI is InChI=1S/C20H16ClN5O2/c1-12-23-17(20(27)26-16-9-14(21)7-8-18(16)28-2)10-19(24-12)25-15-6-4-3-5-13(15)11-22/h3-10H,1-2H3,(H,26,27)(H,23,24,25). The molecule has 0 fully saturated rings. The molecule has 1 aromatic heterocycles. The second kappa shape index (κ2) is 8.37. The van der Waals surface area contributed by atoms with Gasteiger partial charge in [-0.3, -0.25) is 4.79 Å². The number of aromatic nitrogens is 2. The Hall–Kier alpha value is -3.63. The first-order valence-electron chi connectivity index (χ1n) is 8.27. The Labute approximate surface area is 167 Å². The SMILES string of the molecule is COc1ccc(Cl)cc1NC(=O)c1cc(Nc2ccccc2C#N)nc(C)n1. The fourth-order valence-corrected chi connectivity index (χ4v) is 2.71. The fourth-order valence-electron chi connectivity index (χ4n) is 2.54. The second-order valence-corrected chi connectivity index (χ2v) is 6.20. The fraction of sp³-hybridized carbons (Fsp3) is 0.100. The maximum Gasteiger partial charge on any atom is 0.274 e. The largest absolute Gasteiger partial charge is 0.495 e. The molecular weight excluding hydrogens is 378 g/mol. The van der Waals surface area contributed by atoms with E-state index >= 15 is 0 Å². The Balaban J connectivity index is 1.88. The quantitative estimate of drug-likeness (QED) is 0.669. The summed E-state index contributed by atoms with van der Waals surface area (Å²) in [5.41, 5.74) is 1.64. The number of para-hydroxylation sites is 1. The molecule has 0 aliphatic rings. The molecular formula is C20H16ClN5O2. The Bertz CT molecular complexity index is 1080. The number of amides is 1. The zero-order valence-corrected chi connectivity index (χ0v) is 15.9. The van der Waals surface area contributed by atoms with Crippen molar-refractivity contribution in [2.45, 2.75) is 6.92 Å². The summed E-state index contributed by atoms with van der Waals surface area (Å²) in [4.78, 5) is 21.2. The predicted molar refractivity (Wildman–Crippen MR) is 107 cm³/mol. The van der Waals surface area contributed by atoms with Crippen LogP contribution in [0.25, 0.3) is 0 Å². The van der Waals surface area contributed by atoms with Gasteiger partial charge in [-0.25, -0.2) is 9.97 Å². The first kappa shape index (κ1) is 19.1. The van der Waals surface area contributed by atoms with Gasteiger partial charge in [0, 0.05) is 11.1 Å². The lowest BCUT2D eigenvalue weighted by molar-refractivity contribution is 0.102. The monoisotopic (exact) mass is 393 g/mol. The molecule has 2 N–H and O–H groups in total. The number of carbonyl (C=O) groups excluding carboxylic acids is 1. The minimum absolute atomic E-state index is 0.159. The molecule has 0 aliphatic heterocycles. The second-order valence-electron chi connectivity index (χ2n) is 5.77. The molecule has 0 saturated heterocycles. The number of nitrogens with zero attached hydrogens (tertiary/aromatic N) is 3. The summed E-state index contributed by atoms with van der Waals surface area (Å²) in [6, 6.07) is 15.6. The first-order chi connectivity index (χ1) is 13.5. The number of hydrogen-bond donors (Lipinski definition) is 2. The summed E-state index contributed by atoms with van der Waals surface area (Å²) in [7, 11) is 1.50. The lowest BCUT2D eigenvalue weighted by Gasteiger charge is -2.12. The van der Waals surface area contributed by atoms with E-state index in [1.54, 1.807) is 49.4 Å². The topological polar surface area (TPSA) is 99.9 Å². The average molecular weight is 394 g/mol. The normalized spacial score (nSPS) is 10.1. The van der Waals surface area contributed by atoms with Crippen LogP contribution in [0, 0.1) is 18.3 Å². The smallest absolute Gasteiger partial charge is 0.274 e. The van der Waals surface area contributed by atoms with E-state index in [0.717, 1.165) is 0 Å². The molecule has 8 heteroatoms. The maximum absolute atomic E-state index is 12.7. The van der Waals surface area contributed by atoms with Gasteiger partial charge in [-0.05, 0) is 37.3 Å². The van der Waals surface area contributed by atoms with Crippen molar-refractivity contribution in [3.8, 4) is 11.8 Å². The van der Waals surface area contributed by atoms with Crippen molar-refractivity contribution in [1.29, 1.82) is 5.26 Å². The number of carbonyl (C=O) groups is 1. The van der Waals surface area contributed by atoms with E-state index in [2.05, 4.69) is 26.7 Å². The lowest BCUT2D eigenvalue weighted by Crippen LogP contribution is -2.16. The summed E-state index contributed by atoms with van der Waals surface area (Å²) in [6.07, 6.45) is 0. The highest BCUT2D eigenvalue weighted by atomic mass is 35.5. The molecule has 140 valence electrons. The molecule has 28 heavy (non-hydrogen) atoms. The van der Waals surface area contributed by atoms with Crippen LogP contribution in [0.5, 0.6) is 5.75 Å². The van der Waals surface area contributed by atoms with Gasteiger partial charge < -0.3 is 15.4 Å². The van der Waals surface area contributed by atoms with Crippen molar-refractivity contribution >= 4 is 34.7 Å². The number of rotatable bonds is 5. The molecule has 0 unspecified atom stereocenters. The zero-order valence-electron chi connectivity index (χ0n) is 15.2. The number of methoxy groups -OCH3 is 1. The van der Waals surface area contributed by atoms with E-state index in [4.69, 9.17) is 16.3 Å². The third kappa shape index (κ3) is 4.37. The van der Waals surface area contributed by atoms with Crippen LogP contribution in [0.4, 0.5) is 17.2 Å². The van der Waals surface area contributed by atoms with Gasteiger partial charge in [-0.2, -0.15) is 5.26 Å². The summed E-state index contributed by atoms with van der Waals surface area (Å²) < 4.78 is 5.24. The molecule has 1 heterocycles. The van der Waals surface area contributed by atoms with E-state index in [1.807, 2.05) is 0 Å². The molecule has 2 aromatic carbocycles. The summed E-state index contributed by atoms with van der Waals surface area (Å²) in [6.45, 7) is 1.68. The molecule has 0 bridgehead atoms. The Morgan fingerprint density at radius 2 is 1.93 bits per heavy atom. The van der Waals surface area contributed by atoms with Crippen LogP contribution in [0.15, 0.2) is 48.5 Å². The molecule has 0 radical (unpaired) electrons. The molecule has 0 saturated carbocycles. The highest BCUT2D eigenvalue weighted by Crippen LogP contribution is 2.28. The number of ether oxygens (including phenoxy) is 1. The van der Waals surface area contributed by atoms with Crippen LogP contribution >= 0.6 is 11.6 Å². The average Bonchev–Trinajstić information content (AvgIpc) is 2.68. The van der Waals surface area contributed by atoms with Crippen LogP contribution < -0.4 is 15.4 Å². The van der Waals surface area contributed by atoms with Crippen molar-refractivity contribution in [3.05, 3.63) is 70.6 Å². The maximum atomic E-state index is 12.7. The summed E-state index contributed by atoms with van der Waals surface area (Å²) >= 11 is 6.00. The van der Waals surface area contributed by atoms with E-state index in [0.29, 0.717) is 39.4 Å². The number of nitriles is 1. The molecule has 3 rings (SSSR count). The highest BCUT2D eigenvalue weighted by molar-refractivity contribution is 6.31. The van der Waals surface area contributed by atoms with Crippen molar-refractivity contribution in [2.24, 2.45) is 0 Å². The number of halogens is 1. The summed E-state index contributed by atoms with van der Waals surface area (Å²) in [5, 5.41) is 15.5. The van der Waals surface area contributed by atoms with Gasteiger partial charge in [-0.1, -0.05) is 23.7 Å². The highest BCUT2D eigenvalue weighted by Gasteiger charge is 2.14. The van der Waals surface area contributed by atoms with Crippen molar-refractivity contribution in [2.75, 3.05) is 17.7 Å². The summed E-state index contributed by atoms with van der Waals surface area (Å²) in [5.74, 6) is 0.841. The van der Waals surface area contributed by atoms with Gasteiger partial charge in [0.25, 0.3) is 5.91 Å². The molecule has 3 aromatic rings. The number of hydrogen-bond acceptors (Lipinski definition) is 6. The minimum atomic E-state index is -0.442. The van der Waals surface area contributed by atoms with Crippen molar-refractivity contribution < 1.29 is 9.53 Å². The van der Waals surface area contributed by atoms with Gasteiger partial charge in [0.1, 0.15) is 29.2 Å². The number of nitrogens with one attached hydrogen (secondary N) is 2. The zero-order chi connectivity index (χ0) is 20.1. The van der Waals surface area contributed by atoms with Gasteiger partial charge in [0.05, 0.1) is 24.0 Å². The lowest BCUT2D eigenvalue weighted by atomic mass is 10.2. The van der Waals surface area contributed by atoms with Crippen LogP contribution in [0.2, 0.25) is 5.02 Å². The van der Waals surface area contributed by atoms with Gasteiger partial charge in [-0.15, -0.1) is 0 Å². The number of anilines is 3. The van der Waals surface area contributed by atoms with E-state index in [-0.39, 0.29) is 5.69 Å². The number of aryl methyl sites for hydroxylation is 1. The molecule has 7 nitrogen and oxygen atoms in total. The van der Waals surface area contributed by atoms with Crippen LogP contribution in [0.3, 0.4) is 0 Å². The third-order valence-electron chi connectivity index (χ3n) is 3.79. The van der Waals surface area contributed by atoms with E-state index in [9.17, 15) is 10.1 Å². The Morgan fingerprint density at radius 1 is 1.14 bits per heavy atom. The minimum Gasteiger partial charge on any atom is -0.495 e. The van der Waals surface area contributed by atoms with Crippen molar-refractivity contribution in [1.82, 2.24) is 9.97 Å². The van der Waals surface area contributed by atoms with Gasteiger partial charge in [0.2, 0.25) is 0 Å². The molecule has 0 spiro atoms. The van der Waals surface area contributed by atoms with Gasteiger partial charge in [0.15, 0.2) is 0 Å². The van der Waals surface area contributed by atoms with Gasteiger partial charge >= 0.3 is 0 Å². The first-order valence-corrected chi connectivity index (χ1v) is 8.64. The van der Waals surface area contributed by atoms with E-state index in [1.165, 1.54) is 13.2 Å². The predicted octanol–water partition coefficient (Wildman–Crippen LogP) is 4.31. The van der Waals surface area contributed by atoms with Crippen LogP contribution in [-0.2, 0) is 0 Å². The van der Waals surface area contributed by atoms with E-state index < -0.39 is 5.91 Å². The molecule has 0 atom stereocenters. The Morgan fingerprint density at radius 3 is 2.68 bits per heavy atom. The number of benzene rings is 2. The molecule has 0 aliphatic carbocycles. The Kier molecular flexibility index (Phi) is 5.72. The van der Waals surface area contributed by atoms with Crippen LogP contribution in [-0.4, -0.2) is 23.0 Å². The molecule has 1 amide bonds. The third-order valence-corrected chi connectivity index (χ3v) is 4.03.